The average molecular weight is 429 g/mol. The third-order valence-electron chi connectivity index (χ3n) is 5.44. The topological polar surface area (TPSA) is 45.0 Å². The normalized spacial score (nSPS) is 14.9. The van der Waals surface area contributed by atoms with Crippen molar-refractivity contribution in [2.45, 2.75) is 31.7 Å². The fourth-order valence-electron chi connectivity index (χ4n) is 3.98. The number of methoxy groups -OCH3 is 3. The summed E-state index contributed by atoms with van der Waals surface area (Å²) in [6.07, 6.45) is 4.64. The minimum atomic E-state index is -0.262. The van der Waals surface area contributed by atoms with E-state index in [1.165, 1.54) is 25.0 Å². The molecule has 0 unspecified atom stereocenters. The molecule has 0 amide bonds. The van der Waals surface area contributed by atoms with Crippen LogP contribution in [0.5, 0.6) is 17.2 Å². The second-order valence-corrected chi connectivity index (χ2v) is 8.05. The van der Waals surface area contributed by atoms with Crippen molar-refractivity contribution in [3.8, 4) is 28.5 Å². The van der Waals surface area contributed by atoms with Crippen molar-refractivity contribution in [2.75, 3.05) is 21.3 Å². The quantitative estimate of drug-likeness (QED) is 0.504. The Labute approximate surface area is 179 Å². The highest BCUT2D eigenvalue weighted by Crippen LogP contribution is 2.42. The van der Waals surface area contributed by atoms with Crippen molar-refractivity contribution in [2.24, 2.45) is 4.99 Å². The van der Waals surface area contributed by atoms with Crippen LogP contribution in [-0.2, 0) is 0 Å². The van der Waals surface area contributed by atoms with Crippen molar-refractivity contribution in [3.63, 3.8) is 0 Å². The van der Waals surface area contributed by atoms with Gasteiger partial charge in [-0.3, -0.25) is 0 Å². The first-order valence-corrected chi connectivity index (χ1v) is 10.8. The van der Waals surface area contributed by atoms with Crippen molar-refractivity contribution in [1.82, 2.24) is 4.57 Å². The molecule has 3 aromatic rings. The van der Waals surface area contributed by atoms with Crippen LogP contribution in [0.15, 0.2) is 46.8 Å². The maximum Gasteiger partial charge on any atom is 0.203 e. The van der Waals surface area contributed by atoms with Gasteiger partial charge in [-0.2, -0.15) is 0 Å². The zero-order valence-electron chi connectivity index (χ0n) is 17.4. The van der Waals surface area contributed by atoms with E-state index in [1.807, 2.05) is 12.1 Å². The van der Waals surface area contributed by atoms with Crippen LogP contribution in [0.1, 0.15) is 31.7 Å². The molecule has 1 heterocycles. The predicted octanol–water partition coefficient (Wildman–Crippen LogP) is 5.73. The highest BCUT2D eigenvalue weighted by atomic mass is 32.1. The predicted molar refractivity (Wildman–Crippen MR) is 117 cm³/mol. The van der Waals surface area contributed by atoms with Gasteiger partial charge in [0.05, 0.1) is 32.7 Å². The zero-order valence-corrected chi connectivity index (χ0v) is 18.2. The van der Waals surface area contributed by atoms with E-state index in [4.69, 9.17) is 19.2 Å². The number of halogens is 1. The van der Waals surface area contributed by atoms with Crippen LogP contribution >= 0.6 is 11.3 Å². The van der Waals surface area contributed by atoms with Gasteiger partial charge >= 0.3 is 0 Å². The Kier molecular flexibility index (Phi) is 6.08. The van der Waals surface area contributed by atoms with E-state index in [2.05, 4.69) is 9.95 Å². The van der Waals surface area contributed by atoms with Gasteiger partial charge in [0.1, 0.15) is 5.82 Å². The van der Waals surface area contributed by atoms with Gasteiger partial charge in [-0.05, 0) is 49.2 Å². The van der Waals surface area contributed by atoms with Crippen molar-refractivity contribution < 1.29 is 18.6 Å². The van der Waals surface area contributed by atoms with Crippen LogP contribution in [0.4, 0.5) is 10.1 Å². The molecule has 1 aliphatic carbocycles. The van der Waals surface area contributed by atoms with E-state index < -0.39 is 0 Å². The lowest BCUT2D eigenvalue weighted by molar-refractivity contribution is 0.324. The minimum Gasteiger partial charge on any atom is -0.493 e. The van der Waals surface area contributed by atoms with E-state index in [-0.39, 0.29) is 5.82 Å². The Morgan fingerprint density at radius 1 is 0.967 bits per heavy atom. The first kappa shape index (κ1) is 20.5. The van der Waals surface area contributed by atoms with Gasteiger partial charge < -0.3 is 18.8 Å². The van der Waals surface area contributed by atoms with Gasteiger partial charge in [0.2, 0.25) is 5.75 Å². The fraction of sp³-hybridized carbons (Fsp3) is 0.348. The lowest BCUT2D eigenvalue weighted by Crippen LogP contribution is -2.20. The van der Waals surface area contributed by atoms with Crippen molar-refractivity contribution in [1.29, 1.82) is 0 Å². The zero-order chi connectivity index (χ0) is 21.1. The van der Waals surface area contributed by atoms with E-state index in [1.54, 1.807) is 44.8 Å². The van der Waals surface area contributed by atoms with Crippen LogP contribution in [0.25, 0.3) is 11.3 Å². The van der Waals surface area contributed by atoms with E-state index >= 15 is 0 Å². The highest BCUT2D eigenvalue weighted by Gasteiger charge is 2.23. The molecule has 0 spiro atoms. The molecule has 1 aromatic heterocycles. The molecule has 158 valence electrons. The number of rotatable bonds is 6. The Morgan fingerprint density at radius 3 is 2.17 bits per heavy atom. The molecule has 5 nitrogen and oxygen atoms in total. The largest absolute Gasteiger partial charge is 0.493 e. The molecule has 30 heavy (non-hydrogen) atoms. The summed E-state index contributed by atoms with van der Waals surface area (Å²) in [7, 11) is 4.84. The molecule has 2 aromatic carbocycles. The number of nitrogens with zero attached hydrogens (tertiary/aromatic N) is 2. The number of ether oxygens (including phenoxy) is 3. The number of aromatic nitrogens is 1. The Morgan fingerprint density at radius 2 is 1.60 bits per heavy atom. The average Bonchev–Trinajstić information content (AvgIpc) is 3.44. The van der Waals surface area contributed by atoms with Gasteiger partial charge in [-0.25, -0.2) is 9.38 Å². The molecular weight excluding hydrogens is 403 g/mol. The summed E-state index contributed by atoms with van der Waals surface area (Å²) in [5.74, 6) is 1.55. The molecule has 0 N–H and O–H groups in total. The second-order valence-electron chi connectivity index (χ2n) is 7.21. The first-order chi connectivity index (χ1) is 14.6. The number of hydrogen-bond acceptors (Lipinski definition) is 5. The number of thiazole rings is 1. The molecule has 1 aliphatic rings. The number of hydrogen-bond donors (Lipinski definition) is 0. The molecule has 0 aliphatic heterocycles. The lowest BCUT2D eigenvalue weighted by atomic mass is 10.1. The Balaban J connectivity index is 1.89. The molecule has 0 atom stereocenters. The van der Waals surface area contributed by atoms with Gasteiger partial charge in [0.15, 0.2) is 16.3 Å². The maximum absolute atomic E-state index is 13.3. The summed E-state index contributed by atoms with van der Waals surface area (Å²) in [5, 5.41) is 2.11. The Bertz CT molecular complexity index is 1060. The molecule has 1 saturated carbocycles. The van der Waals surface area contributed by atoms with Crippen LogP contribution < -0.4 is 19.0 Å². The maximum atomic E-state index is 13.3. The molecule has 0 radical (unpaired) electrons. The Hall–Kier alpha value is -2.80. The smallest absolute Gasteiger partial charge is 0.203 e. The lowest BCUT2D eigenvalue weighted by Gasteiger charge is -2.18. The molecule has 0 bridgehead atoms. The third kappa shape index (κ3) is 3.94. The van der Waals surface area contributed by atoms with Crippen LogP contribution in [-0.4, -0.2) is 25.9 Å². The van der Waals surface area contributed by atoms with Gasteiger partial charge in [0.25, 0.3) is 0 Å². The molecule has 7 heteroatoms. The minimum absolute atomic E-state index is 0.262. The second kappa shape index (κ2) is 8.92. The third-order valence-corrected chi connectivity index (χ3v) is 6.28. The van der Waals surface area contributed by atoms with E-state index in [9.17, 15) is 4.39 Å². The van der Waals surface area contributed by atoms with Crippen LogP contribution in [0, 0.1) is 5.82 Å². The van der Waals surface area contributed by atoms with Gasteiger partial charge in [0, 0.05) is 17.0 Å². The van der Waals surface area contributed by atoms with Gasteiger partial charge in [-0.1, -0.05) is 12.8 Å². The molecular formula is C23H25FN2O3S. The molecule has 0 saturated heterocycles. The SMILES string of the molecule is COc1cc(-c2csc(=Nc3ccc(F)cc3)n2C2CCCC2)cc(OC)c1OC. The first-order valence-electron chi connectivity index (χ1n) is 9.95. The summed E-state index contributed by atoms with van der Waals surface area (Å²) in [6.45, 7) is 0. The summed E-state index contributed by atoms with van der Waals surface area (Å²) in [5.41, 5.74) is 2.78. The van der Waals surface area contributed by atoms with Crippen molar-refractivity contribution in [3.05, 3.63) is 52.4 Å². The molecule has 1 fully saturated rings. The summed E-state index contributed by atoms with van der Waals surface area (Å²) in [6, 6.07) is 10.6. The van der Waals surface area contributed by atoms with Crippen LogP contribution in [0.3, 0.4) is 0 Å². The summed E-state index contributed by atoms with van der Waals surface area (Å²) < 4.78 is 32.2. The highest BCUT2D eigenvalue weighted by molar-refractivity contribution is 7.07. The van der Waals surface area contributed by atoms with Crippen LogP contribution in [0.2, 0.25) is 0 Å². The standard InChI is InChI=1S/C23H25FN2O3S/c1-27-20-12-15(13-21(28-2)22(20)29-3)19-14-30-23(26(19)18-6-4-5-7-18)25-17-10-8-16(24)9-11-17/h8-14,18H,4-7H2,1-3H3. The molecule has 4 rings (SSSR count). The summed E-state index contributed by atoms with van der Waals surface area (Å²) >= 11 is 1.58. The van der Waals surface area contributed by atoms with E-state index in [0.29, 0.717) is 23.3 Å². The summed E-state index contributed by atoms with van der Waals surface area (Å²) in [4.78, 5) is 5.72. The number of benzene rings is 2. The monoisotopic (exact) mass is 428 g/mol. The van der Waals surface area contributed by atoms with E-state index in [0.717, 1.165) is 34.6 Å². The van der Waals surface area contributed by atoms with Crippen molar-refractivity contribution >= 4 is 17.0 Å². The van der Waals surface area contributed by atoms with Gasteiger partial charge in [-0.15, -0.1) is 11.3 Å². The fourth-order valence-corrected chi connectivity index (χ4v) is 4.97.